The van der Waals surface area contributed by atoms with Crippen LogP contribution in [0.15, 0.2) is 64.8 Å². The van der Waals surface area contributed by atoms with Crippen LogP contribution in [-0.2, 0) is 9.53 Å². The van der Waals surface area contributed by atoms with Crippen molar-refractivity contribution in [1.29, 1.82) is 0 Å². The van der Waals surface area contributed by atoms with Crippen molar-refractivity contribution in [2.24, 2.45) is 10.2 Å². The van der Waals surface area contributed by atoms with Gasteiger partial charge in [-0.3, -0.25) is 4.79 Å². The molecule has 0 aliphatic heterocycles. The highest BCUT2D eigenvalue weighted by atomic mass is 35.5. The number of halogens is 1. The van der Waals surface area contributed by atoms with E-state index in [0.717, 1.165) is 5.56 Å². The van der Waals surface area contributed by atoms with Gasteiger partial charge < -0.3 is 4.74 Å². The highest BCUT2D eigenvalue weighted by Gasteiger charge is 2.18. The third kappa shape index (κ3) is 5.36. The van der Waals surface area contributed by atoms with E-state index in [1.807, 2.05) is 6.07 Å². The van der Waals surface area contributed by atoms with Crippen molar-refractivity contribution >= 4 is 34.8 Å². The van der Waals surface area contributed by atoms with Crippen LogP contribution in [-0.4, -0.2) is 30.3 Å². The zero-order valence-electron chi connectivity index (χ0n) is 13.9. The zero-order valence-corrected chi connectivity index (χ0v) is 14.7. The summed E-state index contributed by atoms with van der Waals surface area (Å²) >= 11 is 5.85. The first kappa shape index (κ1) is 18.5. The first-order valence-electron chi connectivity index (χ1n) is 7.55. The number of carbonyl (C=O) groups is 2. The van der Waals surface area contributed by atoms with Crippen LogP contribution in [0, 0.1) is 0 Å². The lowest BCUT2D eigenvalue weighted by Crippen LogP contribution is -2.19. The average Bonchev–Trinajstić information content (AvgIpc) is 2.65. The molecule has 0 saturated heterocycles. The summed E-state index contributed by atoms with van der Waals surface area (Å²) in [5.41, 5.74) is 1.85. The molecule has 6 heteroatoms. The summed E-state index contributed by atoms with van der Waals surface area (Å²) in [5.74, 6) is -0.916. The van der Waals surface area contributed by atoms with Crippen molar-refractivity contribution in [2.45, 2.75) is 13.3 Å². The predicted molar refractivity (Wildman–Crippen MR) is 98.5 cm³/mol. The van der Waals surface area contributed by atoms with Crippen molar-refractivity contribution in [1.82, 2.24) is 0 Å². The molecule has 25 heavy (non-hydrogen) atoms. The van der Waals surface area contributed by atoms with Gasteiger partial charge in [-0.15, -0.1) is 5.10 Å². The van der Waals surface area contributed by atoms with Crippen LogP contribution < -0.4 is 0 Å². The van der Waals surface area contributed by atoms with Crippen LogP contribution in [0.2, 0.25) is 5.02 Å². The van der Waals surface area contributed by atoms with Gasteiger partial charge in [0.15, 0.2) is 11.5 Å². The number of ether oxygens (including phenoxy) is 1. The van der Waals surface area contributed by atoms with Gasteiger partial charge in [-0.05, 0) is 24.6 Å². The number of rotatable bonds is 6. The van der Waals surface area contributed by atoms with Gasteiger partial charge >= 0.3 is 5.97 Å². The maximum absolute atomic E-state index is 12.3. The topological polar surface area (TPSA) is 68.1 Å². The maximum atomic E-state index is 12.3. The first-order chi connectivity index (χ1) is 12.0. The molecule has 0 aliphatic carbocycles. The summed E-state index contributed by atoms with van der Waals surface area (Å²) in [6.07, 6.45) is -0.186. The van der Waals surface area contributed by atoms with E-state index >= 15 is 0 Å². The second-order valence-corrected chi connectivity index (χ2v) is 5.63. The van der Waals surface area contributed by atoms with E-state index in [1.54, 1.807) is 55.5 Å². The summed E-state index contributed by atoms with van der Waals surface area (Å²) in [6, 6.07) is 15.7. The Kier molecular flexibility index (Phi) is 6.60. The largest absolute Gasteiger partial charge is 0.464 e. The first-order valence-corrected chi connectivity index (χ1v) is 7.92. The summed E-state index contributed by atoms with van der Waals surface area (Å²) < 4.78 is 4.69. The number of hydrogen-bond acceptors (Lipinski definition) is 5. The fourth-order valence-corrected chi connectivity index (χ4v) is 2.15. The van der Waals surface area contributed by atoms with Crippen molar-refractivity contribution in [3.8, 4) is 0 Å². The molecule has 0 saturated carbocycles. The number of esters is 1. The molecule has 0 amide bonds. The molecule has 0 heterocycles. The lowest BCUT2D eigenvalue weighted by Gasteiger charge is -2.04. The van der Waals surface area contributed by atoms with Gasteiger partial charge in [-0.2, -0.15) is 5.10 Å². The molecule has 2 rings (SSSR count). The van der Waals surface area contributed by atoms with Crippen molar-refractivity contribution < 1.29 is 14.3 Å². The van der Waals surface area contributed by atoms with E-state index in [1.165, 1.54) is 7.11 Å². The van der Waals surface area contributed by atoms with Gasteiger partial charge in [0.1, 0.15) is 0 Å². The fourth-order valence-electron chi connectivity index (χ4n) is 2.03. The average molecular weight is 357 g/mol. The molecule has 128 valence electrons. The van der Waals surface area contributed by atoms with E-state index in [-0.39, 0.29) is 17.9 Å². The van der Waals surface area contributed by atoms with Gasteiger partial charge in [-0.1, -0.05) is 54.1 Å². The molecule has 0 radical (unpaired) electrons. The third-order valence-electron chi connectivity index (χ3n) is 3.43. The van der Waals surface area contributed by atoms with Crippen LogP contribution >= 0.6 is 11.6 Å². The smallest absolute Gasteiger partial charge is 0.354 e. The van der Waals surface area contributed by atoms with E-state index in [4.69, 9.17) is 16.3 Å². The number of carbonyl (C=O) groups excluding carboxylic acids is 2. The van der Waals surface area contributed by atoms with Gasteiger partial charge in [0, 0.05) is 10.6 Å². The fraction of sp³-hybridized carbons (Fsp3) is 0.158. The molecule has 0 N–H and O–H groups in total. The summed E-state index contributed by atoms with van der Waals surface area (Å²) in [4.78, 5) is 24.2. The van der Waals surface area contributed by atoms with Gasteiger partial charge in [-0.25, -0.2) is 4.79 Å². The normalized spacial score (nSPS) is 12.0. The molecule has 0 unspecified atom stereocenters. The standard InChI is InChI=1S/C19H17ClN2O3/c1-13(14-8-10-16(20)11-9-14)21-22-17(19(24)25-2)12-18(23)15-6-4-3-5-7-15/h3-11H,12H2,1-2H3. The minimum Gasteiger partial charge on any atom is -0.464 e. The highest BCUT2D eigenvalue weighted by Crippen LogP contribution is 2.11. The Labute approximate surface area is 151 Å². The molecular formula is C19H17ClN2O3. The van der Waals surface area contributed by atoms with E-state index in [0.29, 0.717) is 16.3 Å². The quantitative estimate of drug-likeness (QED) is 0.340. The van der Waals surface area contributed by atoms with Crippen molar-refractivity contribution in [3.05, 3.63) is 70.7 Å². The number of Topliss-reactive ketones (excluding diaryl/α,β-unsaturated/α-hetero) is 1. The molecule has 5 nitrogen and oxygen atoms in total. The predicted octanol–water partition coefficient (Wildman–Crippen LogP) is 3.95. The van der Waals surface area contributed by atoms with E-state index in [9.17, 15) is 9.59 Å². The van der Waals surface area contributed by atoms with E-state index < -0.39 is 5.97 Å². The molecule has 0 spiro atoms. The van der Waals surface area contributed by atoms with Gasteiger partial charge in [0.25, 0.3) is 0 Å². The Morgan fingerprint density at radius 2 is 1.60 bits per heavy atom. The molecule has 0 aromatic heterocycles. The van der Waals surface area contributed by atoms with Crippen LogP contribution in [0.3, 0.4) is 0 Å². The monoisotopic (exact) mass is 356 g/mol. The second kappa shape index (κ2) is 8.89. The molecule has 2 aromatic rings. The SMILES string of the molecule is COC(=O)C(CC(=O)c1ccccc1)=NN=C(C)c1ccc(Cl)cc1. The van der Waals surface area contributed by atoms with Gasteiger partial charge in [0.2, 0.25) is 0 Å². The molecule has 0 fully saturated rings. The minimum atomic E-state index is -0.683. The molecular weight excluding hydrogens is 340 g/mol. The Morgan fingerprint density at radius 1 is 0.960 bits per heavy atom. The summed E-state index contributed by atoms with van der Waals surface area (Å²) in [6.45, 7) is 1.75. The Hall–Kier alpha value is -2.79. The summed E-state index contributed by atoms with van der Waals surface area (Å²) in [5, 5.41) is 8.60. The number of methoxy groups -OCH3 is 1. The highest BCUT2D eigenvalue weighted by molar-refractivity contribution is 6.40. The molecule has 2 aromatic carbocycles. The van der Waals surface area contributed by atoms with Gasteiger partial charge in [0.05, 0.1) is 19.2 Å². The number of ketones is 1. The number of hydrogen-bond donors (Lipinski definition) is 0. The van der Waals surface area contributed by atoms with Crippen LogP contribution in [0.5, 0.6) is 0 Å². The lowest BCUT2D eigenvalue weighted by molar-refractivity contribution is -0.132. The Bertz CT molecular complexity index is 812. The molecule has 0 bridgehead atoms. The zero-order chi connectivity index (χ0) is 18.2. The Morgan fingerprint density at radius 3 is 2.20 bits per heavy atom. The lowest BCUT2D eigenvalue weighted by atomic mass is 10.1. The number of nitrogens with zero attached hydrogens (tertiary/aromatic N) is 2. The maximum Gasteiger partial charge on any atom is 0.354 e. The minimum absolute atomic E-state index is 0.0512. The van der Waals surface area contributed by atoms with Crippen molar-refractivity contribution in [3.63, 3.8) is 0 Å². The van der Waals surface area contributed by atoms with Crippen molar-refractivity contribution in [2.75, 3.05) is 7.11 Å². The van der Waals surface area contributed by atoms with Crippen LogP contribution in [0.4, 0.5) is 0 Å². The third-order valence-corrected chi connectivity index (χ3v) is 3.68. The van der Waals surface area contributed by atoms with Crippen LogP contribution in [0.25, 0.3) is 0 Å². The second-order valence-electron chi connectivity index (χ2n) is 5.20. The molecule has 0 aliphatic rings. The van der Waals surface area contributed by atoms with E-state index in [2.05, 4.69) is 10.2 Å². The number of benzene rings is 2. The van der Waals surface area contributed by atoms with Crippen LogP contribution in [0.1, 0.15) is 29.3 Å². The molecule has 0 atom stereocenters. The summed E-state index contributed by atoms with van der Waals surface area (Å²) in [7, 11) is 1.24. The Balaban J connectivity index is 2.23.